The summed E-state index contributed by atoms with van der Waals surface area (Å²) in [6, 6.07) is 23.2. The number of aromatic nitrogens is 4. The minimum absolute atomic E-state index is 0.0556. The topological polar surface area (TPSA) is 73.5 Å². The third-order valence-corrected chi connectivity index (χ3v) is 5.22. The van der Waals surface area contributed by atoms with Gasteiger partial charge in [0.15, 0.2) is 0 Å². The molecule has 5 aromatic rings. The maximum atomic E-state index is 12.5. The van der Waals surface area contributed by atoms with Crippen LogP contribution in [0.1, 0.15) is 17.7 Å². The zero-order valence-corrected chi connectivity index (χ0v) is 18.0. The van der Waals surface area contributed by atoms with Gasteiger partial charge in [-0.3, -0.25) is 4.79 Å². The van der Waals surface area contributed by atoms with Crippen molar-refractivity contribution in [3.05, 3.63) is 109 Å². The third kappa shape index (κ3) is 5.10. The average molecular weight is 438 g/mol. The minimum Gasteiger partial charge on any atom is -0.487 e. The van der Waals surface area contributed by atoms with Gasteiger partial charge < -0.3 is 14.5 Å². The van der Waals surface area contributed by atoms with Crippen molar-refractivity contribution in [1.29, 1.82) is 0 Å². The van der Waals surface area contributed by atoms with Crippen LogP contribution in [0.4, 0.5) is 5.69 Å². The number of rotatable bonds is 8. The van der Waals surface area contributed by atoms with Crippen LogP contribution >= 0.6 is 0 Å². The highest BCUT2D eigenvalue weighted by Crippen LogP contribution is 2.19. The van der Waals surface area contributed by atoms with Gasteiger partial charge >= 0.3 is 0 Å². The van der Waals surface area contributed by atoms with Crippen LogP contribution in [0.5, 0.6) is 5.75 Å². The Hall–Kier alpha value is -4.39. The van der Waals surface area contributed by atoms with Gasteiger partial charge in [-0.1, -0.05) is 30.3 Å². The molecule has 0 aliphatic carbocycles. The van der Waals surface area contributed by atoms with Crippen LogP contribution < -0.4 is 10.1 Å². The fraction of sp³-hybridized carbons (Fsp3) is 0.115. The zero-order valence-electron chi connectivity index (χ0n) is 18.0. The molecule has 0 aliphatic heterocycles. The van der Waals surface area contributed by atoms with E-state index in [0.717, 1.165) is 22.6 Å². The van der Waals surface area contributed by atoms with Crippen molar-refractivity contribution >= 4 is 17.2 Å². The molecular formula is C26H23N5O2. The van der Waals surface area contributed by atoms with Crippen molar-refractivity contribution in [3.63, 3.8) is 0 Å². The fourth-order valence-electron chi connectivity index (χ4n) is 3.57. The van der Waals surface area contributed by atoms with E-state index in [0.29, 0.717) is 30.9 Å². The number of anilines is 1. The molecule has 0 atom stereocenters. The second-order valence-electron chi connectivity index (χ2n) is 7.69. The summed E-state index contributed by atoms with van der Waals surface area (Å²) in [6.07, 6.45) is 8.63. The number of nitrogens with zero attached hydrogens (tertiary/aromatic N) is 4. The van der Waals surface area contributed by atoms with E-state index in [-0.39, 0.29) is 5.91 Å². The van der Waals surface area contributed by atoms with Crippen LogP contribution in [0.3, 0.4) is 0 Å². The Bertz CT molecular complexity index is 1340. The number of nitrogens with one attached hydrogen (secondary N) is 1. The number of hydrogen-bond acceptors (Lipinski definition) is 4. The van der Waals surface area contributed by atoms with Gasteiger partial charge in [-0.2, -0.15) is 5.10 Å². The molecule has 2 aromatic carbocycles. The van der Waals surface area contributed by atoms with Crippen LogP contribution in [0, 0.1) is 0 Å². The van der Waals surface area contributed by atoms with Gasteiger partial charge in [-0.15, -0.1) is 0 Å². The van der Waals surface area contributed by atoms with E-state index >= 15 is 0 Å². The predicted molar refractivity (Wildman–Crippen MR) is 126 cm³/mol. The molecule has 7 heteroatoms. The Labute approximate surface area is 191 Å². The second kappa shape index (κ2) is 9.40. The van der Waals surface area contributed by atoms with Gasteiger partial charge in [0.2, 0.25) is 5.91 Å². The van der Waals surface area contributed by atoms with Gasteiger partial charge in [0, 0.05) is 36.8 Å². The lowest BCUT2D eigenvalue weighted by Crippen LogP contribution is -2.12. The number of benzene rings is 2. The highest BCUT2D eigenvalue weighted by Gasteiger charge is 2.07. The average Bonchev–Trinajstić information content (AvgIpc) is 3.49. The number of carbonyl (C=O) groups is 1. The maximum Gasteiger partial charge on any atom is 0.224 e. The highest BCUT2D eigenvalue weighted by atomic mass is 16.5. The molecule has 3 heterocycles. The lowest BCUT2D eigenvalue weighted by molar-refractivity contribution is -0.116. The SMILES string of the molecule is O=C(CCc1cnn(-c2ccccc2)c1)Nc1cccc(OCc2cn3ccccc3n2)c1. The first kappa shape index (κ1) is 20.5. The molecule has 0 radical (unpaired) electrons. The molecule has 164 valence electrons. The smallest absolute Gasteiger partial charge is 0.224 e. The van der Waals surface area contributed by atoms with Gasteiger partial charge in [0.05, 0.1) is 17.6 Å². The van der Waals surface area contributed by atoms with Gasteiger partial charge in [0.1, 0.15) is 18.0 Å². The van der Waals surface area contributed by atoms with Crippen LogP contribution in [0.2, 0.25) is 0 Å². The molecule has 0 aliphatic rings. The van der Waals surface area contributed by atoms with Crippen LogP contribution in [0.15, 0.2) is 97.6 Å². The number of aryl methyl sites for hydroxylation is 1. The van der Waals surface area contributed by atoms with E-state index in [9.17, 15) is 4.79 Å². The number of para-hydroxylation sites is 1. The monoisotopic (exact) mass is 437 g/mol. The highest BCUT2D eigenvalue weighted by molar-refractivity contribution is 5.91. The number of hydrogen-bond donors (Lipinski definition) is 1. The Balaban J connectivity index is 1.14. The second-order valence-corrected chi connectivity index (χ2v) is 7.69. The quantitative estimate of drug-likeness (QED) is 0.383. The van der Waals surface area contributed by atoms with E-state index in [2.05, 4.69) is 15.4 Å². The van der Waals surface area contributed by atoms with Crippen molar-refractivity contribution in [3.8, 4) is 11.4 Å². The lowest BCUT2D eigenvalue weighted by atomic mass is 10.2. The van der Waals surface area contributed by atoms with Crippen molar-refractivity contribution < 1.29 is 9.53 Å². The molecule has 0 spiro atoms. The number of imidazole rings is 1. The Morgan fingerprint density at radius 2 is 1.85 bits per heavy atom. The summed E-state index contributed by atoms with van der Waals surface area (Å²) in [5.74, 6) is 0.619. The molecular weight excluding hydrogens is 414 g/mol. The first-order valence-electron chi connectivity index (χ1n) is 10.8. The van der Waals surface area contributed by atoms with Crippen LogP contribution in [0.25, 0.3) is 11.3 Å². The van der Waals surface area contributed by atoms with E-state index in [1.807, 2.05) is 100 Å². The van der Waals surface area contributed by atoms with E-state index in [1.165, 1.54) is 0 Å². The zero-order chi connectivity index (χ0) is 22.5. The molecule has 0 fully saturated rings. The van der Waals surface area contributed by atoms with Gasteiger partial charge in [-0.05, 0) is 48.4 Å². The molecule has 7 nitrogen and oxygen atoms in total. The summed E-state index contributed by atoms with van der Waals surface area (Å²) in [5, 5.41) is 7.33. The Morgan fingerprint density at radius 3 is 2.73 bits per heavy atom. The van der Waals surface area contributed by atoms with E-state index in [1.54, 1.807) is 6.20 Å². The summed E-state index contributed by atoms with van der Waals surface area (Å²) in [7, 11) is 0. The number of pyridine rings is 1. The van der Waals surface area contributed by atoms with Crippen molar-refractivity contribution in [2.24, 2.45) is 0 Å². The number of fused-ring (bicyclic) bond motifs is 1. The molecule has 0 saturated heterocycles. The molecule has 0 saturated carbocycles. The number of ether oxygens (including phenoxy) is 1. The molecule has 0 bridgehead atoms. The van der Waals surface area contributed by atoms with Crippen molar-refractivity contribution in [1.82, 2.24) is 19.2 Å². The third-order valence-electron chi connectivity index (χ3n) is 5.22. The number of amides is 1. The summed E-state index contributed by atoms with van der Waals surface area (Å²) in [6.45, 7) is 0.352. The number of carbonyl (C=O) groups excluding carboxylic acids is 1. The first-order chi connectivity index (χ1) is 16.2. The summed E-state index contributed by atoms with van der Waals surface area (Å²) >= 11 is 0. The summed E-state index contributed by atoms with van der Waals surface area (Å²) in [5.41, 5.74) is 4.43. The van der Waals surface area contributed by atoms with Crippen molar-refractivity contribution in [2.45, 2.75) is 19.4 Å². The lowest BCUT2D eigenvalue weighted by Gasteiger charge is -2.08. The van der Waals surface area contributed by atoms with Crippen LogP contribution in [-0.4, -0.2) is 25.1 Å². The largest absolute Gasteiger partial charge is 0.487 e. The molecule has 5 rings (SSSR count). The fourth-order valence-corrected chi connectivity index (χ4v) is 3.57. The van der Waals surface area contributed by atoms with Crippen molar-refractivity contribution in [2.75, 3.05) is 5.32 Å². The summed E-state index contributed by atoms with van der Waals surface area (Å²) < 4.78 is 9.65. The maximum absolute atomic E-state index is 12.5. The van der Waals surface area contributed by atoms with Crippen LogP contribution in [-0.2, 0) is 17.8 Å². The molecule has 3 aromatic heterocycles. The van der Waals surface area contributed by atoms with Gasteiger partial charge in [-0.25, -0.2) is 9.67 Å². The molecule has 1 N–H and O–H groups in total. The molecule has 1 amide bonds. The normalized spacial score (nSPS) is 10.9. The Morgan fingerprint density at radius 1 is 0.970 bits per heavy atom. The summed E-state index contributed by atoms with van der Waals surface area (Å²) in [4.78, 5) is 17.0. The minimum atomic E-state index is -0.0556. The Kier molecular flexibility index (Phi) is 5.84. The van der Waals surface area contributed by atoms with Gasteiger partial charge in [0.25, 0.3) is 0 Å². The first-order valence-corrected chi connectivity index (χ1v) is 10.8. The standard InChI is InChI=1S/C26H23N5O2/c32-26(13-12-20-16-27-31(17-20)23-8-2-1-3-9-23)29-21-7-6-10-24(15-21)33-19-22-18-30-14-5-4-11-25(30)28-22/h1-11,14-18H,12-13,19H2,(H,29,32). The van der Waals surface area contributed by atoms with E-state index < -0.39 is 0 Å². The predicted octanol–water partition coefficient (Wildman–Crippen LogP) is 4.67. The molecule has 33 heavy (non-hydrogen) atoms. The van der Waals surface area contributed by atoms with E-state index in [4.69, 9.17) is 4.74 Å². The molecule has 0 unspecified atom stereocenters.